The molecule has 4 heteroatoms. The standard InChI is InChI=1S/C11H14F3N/c1-7-3-4-10(11(12,13)14)6-9(7)5-8(2)15/h3-4,6,8H,5,15H2,1-2H3/t8-/m0/s1. The summed E-state index contributed by atoms with van der Waals surface area (Å²) in [6.45, 7) is 3.57. The van der Waals surface area contributed by atoms with Crippen molar-refractivity contribution < 1.29 is 13.2 Å². The van der Waals surface area contributed by atoms with Crippen LogP contribution in [0.2, 0.25) is 0 Å². The fraction of sp³-hybridized carbons (Fsp3) is 0.455. The molecule has 0 bridgehead atoms. The lowest BCUT2D eigenvalue weighted by Gasteiger charge is -2.12. The van der Waals surface area contributed by atoms with Crippen LogP contribution >= 0.6 is 0 Å². The Hall–Kier alpha value is -1.03. The van der Waals surface area contributed by atoms with E-state index in [1.807, 2.05) is 0 Å². The number of halogens is 3. The highest BCUT2D eigenvalue weighted by molar-refractivity contribution is 5.33. The SMILES string of the molecule is Cc1ccc(C(F)(F)F)cc1C[C@H](C)N. The van der Waals surface area contributed by atoms with Gasteiger partial charge in [0.15, 0.2) is 0 Å². The molecule has 1 nitrogen and oxygen atoms in total. The van der Waals surface area contributed by atoms with Gasteiger partial charge < -0.3 is 5.73 Å². The zero-order chi connectivity index (χ0) is 11.6. The van der Waals surface area contributed by atoms with Crippen molar-refractivity contribution in [2.75, 3.05) is 0 Å². The first-order valence-corrected chi connectivity index (χ1v) is 4.73. The summed E-state index contributed by atoms with van der Waals surface area (Å²) < 4.78 is 37.2. The molecule has 0 aliphatic heterocycles. The summed E-state index contributed by atoms with van der Waals surface area (Å²) in [5.74, 6) is 0. The molecule has 0 saturated carbocycles. The van der Waals surface area contributed by atoms with Crippen molar-refractivity contribution in [3.8, 4) is 0 Å². The van der Waals surface area contributed by atoms with Crippen LogP contribution in [0, 0.1) is 6.92 Å². The lowest BCUT2D eigenvalue weighted by atomic mass is 9.99. The number of aryl methyl sites for hydroxylation is 1. The maximum Gasteiger partial charge on any atom is 0.416 e. The normalized spacial score (nSPS) is 14.0. The lowest BCUT2D eigenvalue weighted by Crippen LogP contribution is -2.19. The van der Waals surface area contributed by atoms with Gasteiger partial charge in [-0.2, -0.15) is 13.2 Å². The highest BCUT2D eigenvalue weighted by Gasteiger charge is 2.30. The monoisotopic (exact) mass is 217 g/mol. The highest BCUT2D eigenvalue weighted by Crippen LogP contribution is 2.30. The molecule has 0 radical (unpaired) electrons. The van der Waals surface area contributed by atoms with E-state index in [0.717, 1.165) is 11.6 Å². The van der Waals surface area contributed by atoms with Gasteiger partial charge in [0.05, 0.1) is 5.56 Å². The van der Waals surface area contributed by atoms with Gasteiger partial charge in [0.2, 0.25) is 0 Å². The molecule has 2 N–H and O–H groups in total. The van der Waals surface area contributed by atoms with Crippen molar-refractivity contribution in [3.63, 3.8) is 0 Å². The quantitative estimate of drug-likeness (QED) is 0.809. The topological polar surface area (TPSA) is 26.0 Å². The second kappa shape index (κ2) is 4.23. The minimum absolute atomic E-state index is 0.132. The zero-order valence-corrected chi connectivity index (χ0v) is 8.73. The zero-order valence-electron chi connectivity index (χ0n) is 8.73. The Morgan fingerprint density at radius 1 is 1.33 bits per heavy atom. The Kier molecular flexibility index (Phi) is 3.39. The number of alkyl halides is 3. The Labute approximate surface area is 87.1 Å². The molecule has 0 aromatic heterocycles. The van der Waals surface area contributed by atoms with E-state index in [-0.39, 0.29) is 6.04 Å². The van der Waals surface area contributed by atoms with Crippen LogP contribution in [0.5, 0.6) is 0 Å². The van der Waals surface area contributed by atoms with E-state index in [4.69, 9.17) is 5.73 Å². The van der Waals surface area contributed by atoms with E-state index >= 15 is 0 Å². The van der Waals surface area contributed by atoms with Gasteiger partial charge in [0.1, 0.15) is 0 Å². The molecule has 0 aliphatic rings. The number of hydrogen-bond donors (Lipinski definition) is 1. The average molecular weight is 217 g/mol. The molecule has 1 atom stereocenters. The van der Waals surface area contributed by atoms with Crippen LogP contribution in [0.3, 0.4) is 0 Å². The van der Waals surface area contributed by atoms with Crippen molar-refractivity contribution in [1.29, 1.82) is 0 Å². The van der Waals surface area contributed by atoms with E-state index in [1.165, 1.54) is 12.1 Å². The summed E-state index contributed by atoms with van der Waals surface area (Å²) in [4.78, 5) is 0. The summed E-state index contributed by atoms with van der Waals surface area (Å²) in [7, 11) is 0. The predicted molar refractivity (Wildman–Crippen MR) is 53.5 cm³/mol. The van der Waals surface area contributed by atoms with Gasteiger partial charge in [-0.15, -0.1) is 0 Å². The largest absolute Gasteiger partial charge is 0.416 e. The van der Waals surface area contributed by atoms with E-state index < -0.39 is 11.7 Å². The maximum absolute atomic E-state index is 12.4. The number of hydrogen-bond acceptors (Lipinski definition) is 1. The Bertz CT molecular complexity index is 342. The third-order valence-corrected chi connectivity index (χ3v) is 2.22. The molecule has 84 valence electrons. The first kappa shape index (κ1) is 12.0. The molecule has 15 heavy (non-hydrogen) atoms. The van der Waals surface area contributed by atoms with Gasteiger partial charge >= 0.3 is 6.18 Å². The van der Waals surface area contributed by atoms with E-state index in [2.05, 4.69) is 0 Å². The Morgan fingerprint density at radius 3 is 2.40 bits per heavy atom. The summed E-state index contributed by atoms with van der Waals surface area (Å²) in [6, 6.07) is 3.63. The van der Waals surface area contributed by atoms with Crippen LogP contribution in [0.25, 0.3) is 0 Å². The molecule has 1 aromatic carbocycles. The number of rotatable bonds is 2. The number of benzene rings is 1. The average Bonchev–Trinajstić information content (AvgIpc) is 2.06. The fourth-order valence-electron chi connectivity index (χ4n) is 1.41. The summed E-state index contributed by atoms with van der Waals surface area (Å²) in [6.07, 6.45) is -3.81. The van der Waals surface area contributed by atoms with Crippen molar-refractivity contribution in [3.05, 3.63) is 34.9 Å². The minimum Gasteiger partial charge on any atom is -0.328 e. The molecule has 1 aromatic rings. The molecule has 0 amide bonds. The molecular formula is C11H14F3N. The molecule has 0 spiro atoms. The van der Waals surface area contributed by atoms with Gasteiger partial charge in [-0.1, -0.05) is 6.07 Å². The van der Waals surface area contributed by atoms with Crippen LogP contribution < -0.4 is 5.73 Å². The van der Waals surface area contributed by atoms with E-state index in [9.17, 15) is 13.2 Å². The van der Waals surface area contributed by atoms with Crippen LogP contribution in [0.15, 0.2) is 18.2 Å². The maximum atomic E-state index is 12.4. The molecular weight excluding hydrogens is 203 g/mol. The molecule has 0 heterocycles. The van der Waals surface area contributed by atoms with Crippen LogP contribution in [0.4, 0.5) is 13.2 Å². The Balaban J connectivity index is 3.06. The third-order valence-electron chi connectivity index (χ3n) is 2.22. The molecule has 0 fully saturated rings. The van der Waals surface area contributed by atoms with Gasteiger partial charge in [-0.25, -0.2) is 0 Å². The third kappa shape index (κ3) is 3.23. The fourth-order valence-corrected chi connectivity index (χ4v) is 1.41. The summed E-state index contributed by atoms with van der Waals surface area (Å²) >= 11 is 0. The van der Waals surface area contributed by atoms with Gasteiger partial charge in [-0.3, -0.25) is 0 Å². The van der Waals surface area contributed by atoms with Crippen molar-refractivity contribution in [2.45, 2.75) is 32.5 Å². The lowest BCUT2D eigenvalue weighted by molar-refractivity contribution is -0.137. The summed E-state index contributed by atoms with van der Waals surface area (Å²) in [5.41, 5.74) is 6.48. The second-order valence-electron chi connectivity index (χ2n) is 3.82. The first-order valence-electron chi connectivity index (χ1n) is 4.73. The number of nitrogens with two attached hydrogens (primary N) is 1. The Morgan fingerprint density at radius 2 is 1.93 bits per heavy atom. The van der Waals surface area contributed by atoms with Gasteiger partial charge in [-0.05, 0) is 43.5 Å². The van der Waals surface area contributed by atoms with E-state index in [1.54, 1.807) is 13.8 Å². The second-order valence-corrected chi connectivity index (χ2v) is 3.82. The molecule has 0 saturated heterocycles. The van der Waals surface area contributed by atoms with Crippen molar-refractivity contribution in [2.24, 2.45) is 5.73 Å². The first-order chi connectivity index (χ1) is 6.80. The van der Waals surface area contributed by atoms with E-state index in [0.29, 0.717) is 12.0 Å². The van der Waals surface area contributed by atoms with Crippen LogP contribution in [-0.4, -0.2) is 6.04 Å². The molecule has 0 aliphatic carbocycles. The van der Waals surface area contributed by atoms with Crippen LogP contribution in [-0.2, 0) is 12.6 Å². The highest BCUT2D eigenvalue weighted by atomic mass is 19.4. The van der Waals surface area contributed by atoms with Gasteiger partial charge in [0.25, 0.3) is 0 Å². The summed E-state index contributed by atoms with van der Waals surface area (Å²) in [5, 5.41) is 0. The molecule has 0 unspecified atom stereocenters. The van der Waals surface area contributed by atoms with Gasteiger partial charge in [0, 0.05) is 6.04 Å². The van der Waals surface area contributed by atoms with Crippen molar-refractivity contribution >= 4 is 0 Å². The van der Waals surface area contributed by atoms with Crippen LogP contribution in [0.1, 0.15) is 23.6 Å². The smallest absolute Gasteiger partial charge is 0.328 e. The molecule has 1 rings (SSSR count). The van der Waals surface area contributed by atoms with Crippen molar-refractivity contribution in [1.82, 2.24) is 0 Å². The minimum atomic E-state index is -4.28. The predicted octanol–water partition coefficient (Wildman–Crippen LogP) is 2.90.